The molecule has 3 N–H and O–H groups in total. The lowest BCUT2D eigenvalue weighted by Crippen LogP contribution is -2.24. The van der Waals surface area contributed by atoms with Gasteiger partial charge in [-0.2, -0.15) is 10.2 Å². The zero-order valence-electron chi connectivity index (χ0n) is 37.9. The monoisotopic (exact) mass is 904 g/mol. The Balaban J connectivity index is 0.000000132. The number of nitrogens with zero attached hydrogens (tertiary/aromatic N) is 9. The number of pyridine rings is 2. The van der Waals surface area contributed by atoms with Crippen LogP contribution in [0.1, 0.15) is 102 Å². The van der Waals surface area contributed by atoms with Crippen LogP contribution in [0.5, 0.6) is 0 Å². The molecule has 4 fully saturated rings. The normalized spacial score (nSPS) is 21.6. The highest BCUT2D eigenvalue weighted by atomic mass is 16.5. The standard InChI is InChI=1S/C25H28N6O2.C15H21N5O2.C10H7NO/c1-16-13-30(14-17-2-3-18-4-7-26-11-20(18)10-17)15-21(16)23-28-25(32)22-12-27-24(31(22)29-23)19-5-8-33-9-6-19;1-9-6-16-7-11(9)13-18-15(21)12-8-17-14(20(12)19-13)10-2-4-22-5-3-10;12-7-8-1-2-9-3-4-11-6-10(9)5-8/h2-4,7,10-12,16,19,21H,5-6,8-9,13-15H2,1H3,(H,28,29,32);8-11,16H,2-7H2,1H3,(H,18,19,21);1-7H. The van der Waals surface area contributed by atoms with Gasteiger partial charge in [-0.15, -0.1) is 0 Å². The molecule has 346 valence electrons. The first-order chi connectivity index (χ1) is 32.8. The van der Waals surface area contributed by atoms with Crippen LogP contribution in [-0.2, 0) is 16.0 Å². The Hall–Kier alpha value is -6.53. The number of fused-ring (bicyclic) bond motifs is 4. The van der Waals surface area contributed by atoms with E-state index < -0.39 is 0 Å². The number of aromatic nitrogens is 10. The fraction of sp³-hybridized carbons (Fsp3) is 0.420. The van der Waals surface area contributed by atoms with E-state index in [1.165, 1.54) is 10.9 Å². The Bertz CT molecular complexity index is 3130. The summed E-state index contributed by atoms with van der Waals surface area (Å²) in [5.74, 6) is 5.19. The molecule has 17 nitrogen and oxygen atoms in total. The van der Waals surface area contributed by atoms with Gasteiger partial charge >= 0.3 is 0 Å². The van der Waals surface area contributed by atoms with Crippen molar-refractivity contribution in [2.45, 2.75) is 69.7 Å². The molecule has 4 atom stereocenters. The van der Waals surface area contributed by atoms with Crippen molar-refractivity contribution >= 4 is 38.9 Å². The molecular weight excluding hydrogens is 849 g/mol. The number of nitrogens with one attached hydrogen (secondary N) is 3. The Morgan fingerprint density at radius 3 is 1.78 bits per heavy atom. The molecule has 0 amide bonds. The van der Waals surface area contributed by atoms with E-state index in [-0.39, 0.29) is 28.9 Å². The van der Waals surface area contributed by atoms with Gasteiger partial charge < -0.3 is 24.8 Å². The maximum absolute atomic E-state index is 12.9. The second kappa shape index (κ2) is 19.7. The number of ether oxygens (including phenoxy) is 2. The van der Waals surface area contributed by atoms with E-state index in [4.69, 9.17) is 19.7 Å². The van der Waals surface area contributed by atoms with Gasteiger partial charge in [0.1, 0.15) is 29.6 Å². The highest BCUT2D eigenvalue weighted by molar-refractivity contribution is 5.88. The van der Waals surface area contributed by atoms with Crippen LogP contribution >= 0.6 is 0 Å². The predicted molar refractivity (Wildman–Crippen MR) is 254 cm³/mol. The molecule has 12 rings (SSSR count). The molecule has 4 aliphatic heterocycles. The van der Waals surface area contributed by atoms with E-state index in [1.807, 2.05) is 36.7 Å². The minimum atomic E-state index is -0.113. The predicted octanol–water partition coefficient (Wildman–Crippen LogP) is 5.78. The van der Waals surface area contributed by atoms with Crippen LogP contribution in [0.15, 0.2) is 95.3 Å². The molecule has 0 bridgehead atoms. The molecule has 0 spiro atoms. The van der Waals surface area contributed by atoms with Crippen molar-refractivity contribution in [2.24, 2.45) is 11.8 Å². The Morgan fingerprint density at radius 1 is 0.642 bits per heavy atom. The summed E-state index contributed by atoms with van der Waals surface area (Å²) in [7, 11) is 0. The first kappa shape index (κ1) is 44.3. The molecule has 0 aliphatic carbocycles. The second-order valence-electron chi connectivity index (χ2n) is 18.5. The molecule has 0 radical (unpaired) electrons. The van der Waals surface area contributed by atoms with Gasteiger partial charge in [0.2, 0.25) is 0 Å². The average molecular weight is 905 g/mol. The number of hydrogen-bond donors (Lipinski definition) is 3. The smallest absolute Gasteiger partial charge is 0.276 e. The summed E-state index contributed by atoms with van der Waals surface area (Å²) in [5.41, 5.74) is 2.80. The van der Waals surface area contributed by atoms with Gasteiger partial charge in [0.25, 0.3) is 11.1 Å². The summed E-state index contributed by atoms with van der Waals surface area (Å²) >= 11 is 0. The molecule has 0 saturated carbocycles. The Morgan fingerprint density at radius 2 is 1.21 bits per heavy atom. The fourth-order valence-corrected chi connectivity index (χ4v) is 10.1. The van der Waals surface area contributed by atoms with Gasteiger partial charge in [0, 0.05) is 117 Å². The molecule has 8 aromatic rings. The van der Waals surface area contributed by atoms with E-state index >= 15 is 0 Å². The third kappa shape index (κ3) is 9.54. The van der Waals surface area contributed by atoms with Crippen LogP contribution in [-0.4, -0.2) is 113 Å². The van der Waals surface area contributed by atoms with Gasteiger partial charge in [-0.05, 0) is 84.7 Å². The van der Waals surface area contributed by atoms with Crippen molar-refractivity contribution in [3.8, 4) is 0 Å². The third-order valence-corrected chi connectivity index (χ3v) is 13.9. The maximum Gasteiger partial charge on any atom is 0.276 e. The molecule has 67 heavy (non-hydrogen) atoms. The first-order valence-corrected chi connectivity index (χ1v) is 23.5. The summed E-state index contributed by atoms with van der Waals surface area (Å²) in [6.07, 6.45) is 15.1. The number of aromatic amines is 2. The minimum absolute atomic E-state index is 0.102. The van der Waals surface area contributed by atoms with Crippen LogP contribution in [0.2, 0.25) is 0 Å². The fourth-order valence-electron chi connectivity index (χ4n) is 10.1. The van der Waals surface area contributed by atoms with Crippen LogP contribution in [0, 0.1) is 11.8 Å². The molecule has 4 unspecified atom stereocenters. The van der Waals surface area contributed by atoms with Crippen molar-refractivity contribution < 1.29 is 14.3 Å². The van der Waals surface area contributed by atoms with Gasteiger partial charge in [-0.3, -0.25) is 29.3 Å². The maximum atomic E-state index is 12.9. The number of rotatable bonds is 7. The van der Waals surface area contributed by atoms with Crippen molar-refractivity contribution in [3.05, 3.63) is 141 Å². The quantitative estimate of drug-likeness (QED) is 0.163. The van der Waals surface area contributed by atoms with Gasteiger partial charge in [-0.25, -0.2) is 19.0 Å². The van der Waals surface area contributed by atoms with Crippen molar-refractivity contribution in [1.82, 2.24) is 59.3 Å². The number of aldehydes is 1. The Labute approximate surface area is 386 Å². The second-order valence-corrected chi connectivity index (χ2v) is 18.5. The first-order valence-electron chi connectivity index (χ1n) is 23.5. The molecule has 6 aromatic heterocycles. The number of H-pyrrole nitrogens is 2. The van der Waals surface area contributed by atoms with Crippen molar-refractivity contribution in [2.75, 3.05) is 52.6 Å². The molecule has 4 saturated heterocycles. The van der Waals surface area contributed by atoms with E-state index in [9.17, 15) is 14.4 Å². The van der Waals surface area contributed by atoms with Gasteiger partial charge in [-0.1, -0.05) is 38.1 Å². The summed E-state index contributed by atoms with van der Waals surface area (Å²) in [5, 5.41) is 17.5. The summed E-state index contributed by atoms with van der Waals surface area (Å²) in [6, 6.07) is 16.1. The molecule has 4 aliphatic rings. The number of carbonyl (C=O) groups is 1. The van der Waals surface area contributed by atoms with Crippen molar-refractivity contribution in [3.63, 3.8) is 0 Å². The Kier molecular flexibility index (Phi) is 13.1. The molecule has 2 aromatic carbocycles. The largest absolute Gasteiger partial charge is 0.381 e. The lowest BCUT2D eigenvalue weighted by molar-refractivity contribution is 0.0831. The zero-order valence-corrected chi connectivity index (χ0v) is 37.9. The van der Waals surface area contributed by atoms with Crippen LogP contribution < -0.4 is 16.4 Å². The highest BCUT2D eigenvalue weighted by Gasteiger charge is 2.34. The van der Waals surface area contributed by atoms with Crippen LogP contribution in [0.3, 0.4) is 0 Å². The summed E-state index contributed by atoms with van der Waals surface area (Å²) in [4.78, 5) is 61.4. The van der Waals surface area contributed by atoms with Gasteiger partial charge in [0.05, 0.1) is 12.4 Å². The van der Waals surface area contributed by atoms with Crippen LogP contribution in [0.25, 0.3) is 32.6 Å². The third-order valence-electron chi connectivity index (χ3n) is 13.9. The number of carbonyl (C=O) groups excluding carboxylic acids is 1. The molecular formula is C50H56N12O5. The van der Waals surface area contributed by atoms with E-state index in [0.717, 1.165) is 131 Å². The number of hydrogen-bond acceptors (Lipinski definition) is 13. The van der Waals surface area contributed by atoms with E-state index in [1.54, 1.807) is 39.9 Å². The van der Waals surface area contributed by atoms with E-state index in [2.05, 4.69) is 72.2 Å². The zero-order chi connectivity index (χ0) is 45.9. The topological polar surface area (TPSA) is 203 Å². The van der Waals surface area contributed by atoms with Crippen LogP contribution in [0.4, 0.5) is 0 Å². The number of benzene rings is 2. The highest BCUT2D eigenvalue weighted by Crippen LogP contribution is 2.33. The lowest BCUT2D eigenvalue weighted by atomic mass is 9.97. The lowest BCUT2D eigenvalue weighted by Gasteiger charge is -2.21. The molecule has 10 heterocycles. The average Bonchev–Trinajstić information content (AvgIpc) is 4.19. The molecule has 17 heteroatoms. The minimum Gasteiger partial charge on any atom is -0.381 e. The van der Waals surface area contributed by atoms with E-state index in [0.29, 0.717) is 34.4 Å². The summed E-state index contributed by atoms with van der Waals surface area (Å²) in [6.45, 7) is 11.9. The summed E-state index contributed by atoms with van der Waals surface area (Å²) < 4.78 is 14.5. The van der Waals surface area contributed by atoms with Gasteiger partial charge in [0.15, 0.2) is 11.0 Å². The number of likely N-dealkylation sites (tertiary alicyclic amines) is 1. The SMILES string of the molecule is CC1CN(Cc2ccc3ccncc3c2)CC1c1nn2c(C3CCOCC3)ncc2c(=O)[nH]1.CC1CNCC1c1nn2c(C3CCOCC3)ncc2c(=O)[nH]1.O=Cc1ccc2ccncc2c1. The van der Waals surface area contributed by atoms with Crippen molar-refractivity contribution in [1.29, 1.82) is 0 Å². The number of imidazole rings is 2.